The molecule has 0 spiro atoms. The van der Waals surface area contributed by atoms with Gasteiger partial charge in [-0.25, -0.2) is 0 Å². The fraction of sp³-hybridized carbons (Fsp3) is 0.600. The highest BCUT2D eigenvalue weighted by atomic mass is 79.9. The molecule has 0 fully saturated rings. The molecule has 0 aliphatic carbocycles. The summed E-state index contributed by atoms with van der Waals surface area (Å²) in [5, 5.41) is 5.70. The van der Waals surface area contributed by atoms with Gasteiger partial charge in [0.15, 0.2) is 0 Å². The van der Waals surface area contributed by atoms with Crippen LogP contribution < -0.4 is 5.32 Å². The Labute approximate surface area is 103 Å². The molecule has 0 aliphatic heterocycles. The topological polar surface area (TPSA) is 12.0 Å². The SMILES string of the molecule is CCC(CSC)NCc1cc(Br)cs1. The Kier molecular flexibility index (Phi) is 6.17. The monoisotopic (exact) mass is 293 g/mol. The first kappa shape index (κ1) is 12.6. The maximum atomic E-state index is 3.57. The molecule has 1 aromatic heterocycles. The molecule has 0 saturated heterocycles. The Morgan fingerprint density at radius 2 is 2.43 bits per heavy atom. The molecule has 14 heavy (non-hydrogen) atoms. The summed E-state index contributed by atoms with van der Waals surface area (Å²) >= 11 is 7.18. The smallest absolute Gasteiger partial charge is 0.0303 e. The van der Waals surface area contributed by atoms with Gasteiger partial charge in [-0.05, 0) is 34.7 Å². The molecular weight excluding hydrogens is 278 g/mol. The van der Waals surface area contributed by atoms with E-state index < -0.39 is 0 Å². The summed E-state index contributed by atoms with van der Waals surface area (Å²) in [4.78, 5) is 1.40. The van der Waals surface area contributed by atoms with Crippen LogP contribution >= 0.6 is 39.0 Å². The van der Waals surface area contributed by atoms with Crippen LogP contribution in [0.15, 0.2) is 15.9 Å². The Bertz CT molecular complexity index is 262. The predicted molar refractivity (Wildman–Crippen MR) is 71.3 cm³/mol. The zero-order valence-corrected chi connectivity index (χ0v) is 11.8. The summed E-state index contributed by atoms with van der Waals surface area (Å²) in [7, 11) is 0. The Balaban J connectivity index is 2.31. The molecule has 0 amide bonds. The summed E-state index contributed by atoms with van der Waals surface area (Å²) in [6, 6.07) is 2.83. The first-order chi connectivity index (χ1) is 6.76. The van der Waals surface area contributed by atoms with Crippen molar-refractivity contribution >= 4 is 39.0 Å². The molecule has 0 bridgehead atoms. The minimum Gasteiger partial charge on any atom is -0.308 e. The van der Waals surface area contributed by atoms with Gasteiger partial charge in [-0.15, -0.1) is 11.3 Å². The average molecular weight is 294 g/mol. The molecule has 1 atom stereocenters. The third kappa shape index (κ3) is 4.34. The second kappa shape index (κ2) is 6.88. The van der Waals surface area contributed by atoms with Crippen molar-refractivity contribution < 1.29 is 0 Å². The summed E-state index contributed by atoms with van der Waals surface area (Å²) in [5.74, 6) is 1.20. The van der Waals surface area contributed by atoms with Gasteiger partial charge in [0.1, 0.15) is 0 Å². The molecule has 1 unspecified atom stereocenters. The van der Waals surface area contributed by atoms with Crippen LogP contribution in [0.2, 0.25) is 0 Å². The lowest BCUT2D eigenvalue weighted by atomic mass is 10.2. The van der Waals surface area contributed by atoms with Gasteiger partial charge in [-0.1, -0.05) is 6.92 Å². The van der Waals surface area contributed by atoms with Crippen molar-refractivity contribution in [2.24, 2.45) is 0 Å². The molecule has 0 saturated carbocycles. The van der Waals surface area contributed by atoms with Crippen molar-refractivity contribution in [2.45, 2.75) is 25.9 Å². The van der Waals surface area contributed by atoms with Crippen molar-refractivity contribution in [2.75, 3.05) is 12.0 Å². The average Bonchev–Trinajstić information content (AvgIpc) is 2.59. The van der Waals surface area contributed by atoms with Gasteiger partial charge >= 0.3 is 0 Å². The molecule has 0 radical (unpaired) electrons. The number of nitrogens with one attached hydrogen (secondary N) is 1. The normalized spacial score (nSPS) is 13.1. The molecule has 1 aromatic rings. The number of hydrogen-bond acceptors (Lipinski definition) is 3. The lowest BCUT2D eigenvalue weighted by Crippen LogP contribution is -2.29. The van der Waals surface area contributed by atoms with Gasteiger partial charge in [0, 0.05) is 33.1 Å². The summed E-state index contributed by atoms with van der Waals surface area (Å²) in [6.07, 6.45) is 3.36. The van der Waals surface area contributed by atoms with Gasteiger partial charge in [-0.3, -0.25) is 0 Å². The van der Waals surface area contributed by atoms with E-state index in [0.717, 1.165) is 6.54 Å². The highest BCUT2D eigenvalue weighted by molar-refractivity contribution is 9.10. The predicted octanol–water partition coefficient (Wildman–Crippen LogP) is 3.74. The summed E-state index contributed by atoms with van der Waals surface area (Å²) in [5.41, 5.74) is 0. The Hall–Kier alpha value is 0.490. The van der Waals surface area contributed by atoms with E-state index in [-0.39, 0.29) is 0 Å². The number of thiophene rings is 1. The van der Waals surface area contributed by atoms with Gasteiger partial charge in [0.05, 0.1) is 0 Å². The van der Waals surface area contributed by atoms with Crippen molar-refractivity contribution in [1.29, 1.82) is 0 Å². The van der Waals surface area contributed by atoms with Crippen LogP contribution in [0.3, 0.4) is 0 Å². The summed E-state index contributed by atoms with van der Waals surface area (Å²) < 4.78 is 1.19. The maximum Gasteiger partial charge on any atom is 0.0303 e. The lowest BCUT2D eigenvalue weighted by molar-refractivity contribution is 0.544. The van der Waals surface area contributed by atoms with Gasteiger partial charge < -0.3 is 5.32 Å². The van der Waals surface area contributed by atoms with E-state index in [1.165, 1.54) is 21.5 Å². The molecular formula is C10H16BrNS2. The number of halogens is 1. The van der Waals surface area contributed by atoms with Crippen LogP contribution in [0.1, 0.15) is 18.2 Å². The minimum absolute atomic E-state index is 0.644. The molecule has 0 aliphatic rings. The van der Waals surface area contributed by atoms with E-state index in [9.17, 15) is 0 Å². The van der Waals surface area contributed by atoms with Crippen LogP contribution in [0.4, 0.5) is 0 Å². The van der Waals surface area contributed by atoms with E-state index in [0.29, 0.717) is 6.04 Å². The molecule has 1 rings (SSSR count). The second-order valence-electron chi connectivity index (χ2n) is 3.17. The van der Waals surface area contributed by atoms with Crippen molar-refractivity contribution in [3.8, 4) is 0 Å². The van der Waals surface area contributed by atoms with E-state index in [1.807, 2.05) is 11.8 Å². The van der Waals surface area contributed by atoms with E-state index >= 15 is 0 Å². The van der Waals surface area contributed by atoms with Gasteiger partial charge in [-0.2, -0.15) is 11.8 Å². The molecule has 80 valence electrons. The highest BCUT2D eigenvalue weighted by Gasteiger charge is 2.05. The molecule has 1 heterocycles. The second-order valence-corrected chi connectivity index (χ2v) is 5.99. The molecule has 0 aromatic carbocycles. The van der Waals surface area contributed by atoms with Crippen LogP contribution in [0, 0.1) is 0 Å². The van der Waals surface area contributed by atoms with E-state index in [4.69, 9.17) is 0 Å². The highest BCUT2D eigenvalue weighted by Crippen LogP contribution is 2.19. The largest absolute Gasteiger partial charge is 0.308 e. The Morgan fingerprint density at radius 1 is 1.64 bits per heavy atom. The van der Waals surface area contributed by atoms with Crippen molar-refractivity contribution in [3.63, 3.8) is 0 Å². The van der Waals surface area contributed by atoms with Crippen LogP contribution in [-0.2, 0) is 6.54 Å². The number of rotatable bonds is 6. The third-order valence-corrected chi connectivity index (χ3v) is 4.48. The van der Waals surface area contributed by atoms with Crippen LogP contribution in [-0.4, -0.2) is 18.1 Å². The first-order valence-corrected chi connectivity index (χ1v) is 7.78. The zero-order chi connectivity index (χ0) is 10.4. The number of hydrogen-bond donors (Lipinski definition) is 1. The number of thioether (sulfide) groups is 1. The lowest BCUT2D eigenvalue weighted by Gasteiger charge is -2.14. The third-order valence-electron chi connectivity index (χ3n) is 2.05. The molecule has 1 N–H and O–H groups in total. The standard InChI is InChI=1S/C10H16BrNS2/c1-3-9(7-13-2)12-5-10-4-8(11)6-14-10/h4,6,9,12H,3,5,7H2,1-2H3. The van der Waals surface area contributed by atoms with Gasteiger partial charge in [0.25, 0.3) is 0 Å². The first-order valence-electron chi connectivity index (χ1n) is 4.71. The van der Waals surface area contributed by atoms with Crippen molar-refractivity contribution in [1.82, 2.24) is 5.32 Å². The Morgan fingerprint density at radius 3 is 2.93 bits per heavy atom. The zero-order valence-electron chi connectivity index (χ0n) is 8.55. The quantitative estimate of drug-likeness (QED) is 0.857. The molecule has 4 heteroatoms. The maximum absolute atomic E-state index is 3.57. The van der Waals surface area contributed by atoms with Crippen LogP contribution in [0.25, 0.3) is 0 Å². The fourth-order valence-corrected chi connectivity index (χ4v) is 3.37. The fourth-order valence-electron chi connectivity index (χ4n) is 1.21. The molecule has 1 nitrogen and oxygen atoms in total. The van der Waals surface area contributed by atoms with Gasteiger partial charge in [0.2, 0.25) is 0 Å². The summed E-state index contributed by atoms with van der Waals surface area (Å²) in [6.45, 7) is 3.23. The van der Waals surface area contributed by atoms with E-state index in [2.05, 4.69) is 45.9 Å². The van der Waals surface area contributed by atoms with E-state index in [1.54, 1.807) is 11.3 Å². The van der Waals surface area contributed by atoms with Crippen LogP contribution in [0.5, 0.6) is 0 Å². The van der Waals surface area contributed by atoms with Crippen molar-refractivity contribution in [3.05, 3.63) is 20.8 Å². The minimum atomic E-state index is 0.644.